The maximum Gasteiger partial charge on any atom is 0.416 e. The van der Waals surface area contributed by atoms with Crippen LogP contribution in [0.25, 0.3) is 0 Å². The highest BCUT2D eigenvalue weighted by Gasteiger charge is 2.33. The summed E-state index contributed by atoms with van der Waals surface area (Å²) in [7, 11) is 0. The number of nitrogens with one attached hydrogen (secondary N) is 1. The largest absolute Gasteiger partial charge is 0.416 e. The van der Waals surface area contributed by atoms with Gasteiger partial charge in [0, 0.05) is 32.6 Å². The first-order valence-corrected chi connectivity index (χ1v) is 9.92. The normalized spacial score (nSPS) is 20.5. The van der Waals surface area contributed by atoms with Gasteiger partial charge in [-0.05, 0) is 31.0 Å². The van der Waals surface area contributed by atoms with Crippen LogP contribution in [0.3, 0.4) is 0 Å². The number of hydrogen-bond acceptors (Lipinski definition) is 4. The molecule has 0 bridgehead atoms. The number of piperidine rings is 1. The molecule has 29 heavy (non-hydrogen) atoms. The average molecular weight is 413 g/mol. The average Bonchev–Trinajstić information content (AvgIpc) is 2.73. The zero-order valence-corrected chi connectivity index (χ0v) is 16.4. The monoisotopic (exact) mass is 413 g/mol. The van der Waals surface area contributed by atoms with Gasteiger partial charge in [0.2, 0.25) is 11.8 Å². The zero-order chi connectivity index (χ0) is 21.0. The smallest absolute Gasteiger partial charge is 0.378 e. The molecule has 2 aliphatic rings. The van der Waals surface area contributed by atoms with E-state index < -0.39 is 17.7 Å². The minimum absolute atomic E-state index is 0.0180. The van der Waals surface area contributed by atoms with Crippen LogP contribution >= 0.6 is 0 Å². The second-order valence-corrected chi connectivity index (χ2v) is 7.35. The summed E-state index contributed by atoms with van der Waals surface area (Å²) in [5.41, 5.74) is -0.117. The number of anilines is 2. The van der Waals surface area contributed by atoms with Crippen molar-refractivity contribution in [2.24, 2.45) is 5.92 Å². The second kappa shape index (κ2) is 9.02. The Morgan fingerprint density at radius 1 is 1.21 bits per heavy atom. The maximum atomic E-state index is 13.2. The van der Waals surface area contributed by atoms with E-state index in [0.717, 1.165) is 12.1 Å². The summed E-state index contributed by atoms with van der Waals surface area (Å²) in [4.78, 5) is 28.4. The van der Waals surface area contributed by atoms with Crippen molar-refractivity contribution in [2.45, 2.75) is 32.4 Å². The van der Waals surface area contributed by atoms with E-state index in [-0.39, 0.29) is 17.5 Å². The number of alkyl halides is 3. The van der Waals surface area contributed by atoms with Crippen molar-refractivity contribution in [1.82, 2.24) is 4.90 Å². The Morgan fingerprint density at radius 2 is 1.93 bits per heavy atom. The lowest BCUT2D eigenvalue weighted by molar-refractivity contribution is -0.138. The molecular weight excluding hydrogens is 387 g/mol. The van der Waals surface area contributed by atoms with Gasteiger partial charge in [-0.15, -0.1) is 0 Å². The lowest BCUT2D eigenvalue weighted by atomic mass is 9.96. The number of likely N-dealkylation sites (tertiary alicyclic amines) is 1. The van der Waals surface area contributed by atoms with E-state index in [2.05, 4.69) is 5.32 Å². The molecule has 2 fully saturated rings. The Morgan fingerprint density at radius 3 is 2.59 bits per heavy atom. The van der Waals surface area contributed by atoms with Gasteiger partial charge in [0.1, 0.15) is 0 Å². The van der Waals surface area contributed by atoms with Gasteiger partial charge < -0.3 is 19.9 Å². The van der Waals surface area contributed by atoms with Crippen LogP contribution in [0.1, 0.15) is 31.7 Å². The third-order valence-electron chi connectivity index (χ3n) is 5.38. The van der Waals surface area contributed by atoms with Crippen LogP contribution in [-0.2, 0) is 20.5 Å². The first-order valence-electron chi connectivity index (χ1n) is 9.92. The SMILES string of the molecule is CCC(=O)N1CCCC(C(=O)Nc2cc(C(F)(F)F)ccc2N2CCOCC2)C1. The molecule has 2 amide bonds. The fourth-order valence-electron chi connectivity index (χ4n) is 3.77. The molecule has 6 nitrogen and oxygen atoms in total. The molecular formula is C20H26F3N3O3. The van der Waals surface area contributed by atoms with E-state index in [0.29, 0.717) is 64.3 Å². The molecule has 1 N–H and O–H groups in total. The number of rotatable bonds is 4. The van der Waals surface area contributed by atoms with Gasteiger partial charge in [0.15, 0.2) is 0 Å². The van der Waals surface area contributed by atoms with Crippen LogP contribution < -0.4 is 10.2 Å². The molecule has 0 aliphatic carbocycles. The van der Waals surface area contributed by atoms with Gasteiger partial charge in [0.05, 0.1) is 36.1 Å². The Bertz CT molecular complexity index is 748. The third kappa shape index (κ3) is 5.20. The molecule has 1 unspecified atom stereocenters. The zero-order valence-electron chi connectivity index (χ0n) is 16.4. The summed E-state index contributed by atoms with van der Waals surface area (Å²) < 4.78 is 45.0. The van der Waals surface area contributed by atoms with Crippen molar-refractivity contribution >= 4 is 23.2 Å². The van der Waals surface area contributed by atoms with Gasteiger partial charge >= 0.3 is 6.18 Å². The van der Waals surface area contributed by atoms with E-state index >= 15 is 0 Å². The van der Waals surface area contributed by atoms with Gasteiger partial charge in [-0.2, -0.15) is 13.2 Å². The number of carbonyl (C=O) groups excluding carboxylic acids is 2. The van der Waals surface area contributed by atoms with Crippen molar-refractivity contribution in [1.29, 1.82) is 0 Å². The van der Waals surface area contributed by atoms with Crippen molar-refractivity contribution in [3.05, 3.63) is 23.8 Å². The molecule has 1 aromatic carbocycles. The number of benzene rings is 1. The highest BCUT2D eigenvalue weighted by Crippen LogP contribution is 2.36. The molecule has 9 heteroatoms. The molecule has 2 heterocycles. The fourth-order valence-corrected chi connectivity index (χ4v) is 3.77. The first-order chi connectivity index (χ1) is 13.8. The Balaban J connectivity index is 1.81. The lowest BCUT2D eigenvalue weighted by Crippen LogP contribution is -2.43. The molecule has 1 atom stereocenters. The Labute approximate surface area is 168 Å². The molecule has 3 rings (SSSR count). The summed E-state index contributed by atoms with van der Waals surface area (Å²) in [6, 6.07) is 3.42. The van der Waals surface area contributed by atoms with E-state index in [1.165, 1.54) is 6.07 Å². The van der Waals surface area contributed by atoms with Crippen molar-refractivity contribution in [3.63, 3.8) is 0 Å². The quantitative estimate of drug-likeness (QED) is 0.824. The topological polar surface area (TPSA) is 61.9 Å². The van der Waals surface area contributed by atoms with Crippen molar-refractivity contribution in [2.75, 3.05) is 49.6 Å². The van der Waals surface area contributed by atoms with E-state index in [4.69, 9.17) is 4.74 Å². The van der Waals surface area contributed by atoms with Crippen molar-refractivity contribution in [3.8, 4) is 0 Å². The standard InChI is InChI=1S/C20H26F3N3O3/c1-2-18(27)26-7-3-4-14(13-26)19(28)24-16-12-15(20(21,22)23)5-6-17(16)25-8-10-29-11-9-25/h5-6,12,14H,2-4,7-11,13H2,1H3,(H,24,28). The van der Waals surface area contributed by atoms with Crippen LogP contribution in [0.5, 0.6) is 0 Å². The Hall–Kier alpha value is -2.29. The van der Waals surface area contributed by atoms with Gasteiger partial charge in [0.25, 0.3) is 0 Å². The number of nitrogens with zero attached hydrogens (tertiary/aromatic N) is 2. The number of halogens is 3. The highest BCUT2D eigenvalue weighted by atomic mass is 19.4. The second-order valence-electron chi connectivity index (χ2n) is 7.35. The molecule has 0 saturated carbocycles. The fraction of sp³-hybridized carbons (Fsp3) is 0.600. The van der Waals surface area contributed by atoms with Crippen LogP contribution in [0.15, 0.2) is 18.2 Å². The molecule has 160 valence electrons. The van der Waals surface area contributed by atoms with E-state index in [1.807, 2.05) is 4.90 Å². The van der Waals surface area contributed by atoms with Crippen molar-refractivity contribution < 1.29 is 27.5 Å². The number of carbonyl (C=O) groups is 2. The van der Waals surface area contributed by atoms with Crippen LogP contribution in [0.2, 0.25) is 0 Å². The summed E-state index contributed by atoms with van der Waals surface area (Å²) in [6.07, 6.45) is -2.84. The summed E-state index contributed by atoms with van der Waals surface area (Å²) in [6.45, 7) is 4.70. The summed E-state index contributed by atoms with van der Waals surface area (Å²) >= 11 is 0. The summed E-state index contributed by atoms with van der Waals surface area (Å²) in [5, 5.41) is 2.71. The lowest BCUT2D eigenvalue weighted by Gasteiger charge is -2.33. The molecule has 1 aromatic rings. The van der Waals surface area contributed by atoms with Crippen LogP contribution in [-0.4, -0.2) is 56.1 Å². The highest BCUT2D eigenvalue weighted by molar-refractivity contribution is 5.96. The minimum Gasteiger partial charge on any atom is -0.378 e. The first kappa shape index (κ1) is 21.4. The van der Waals surface area contributed by atoms with Gasteiger partial charge in [-0.3, -0.25) is 9.59 Å². The minimum atomic E-state index is -4.50. The predicted octanol–water partition coefficient (Wildman–Crippen LogP) is 3.13. The molecule has 2 saturated heterocycles. The van der Waals surface area contributed by atoms with Crippen LogP contribution in [0, 0.1) is 5.92 Å². The number of morpholine rings is 1. The molecule has 0 spiro atoms. The number of amides is 2. The summed E-state index contributed by atoms with van der Waals surface area (Å²) in [5.74, 6) is -0.811. The predicted molar refractivity (Wildman–Crippen MR) is 103 cm³/mol. The number of hydrogen-bond donors (Lipinski definition) is 1. The maximum absolute atomic E-state index is 13.2. The van der Waals surface area contributed by atoms with Gasteiger partial charge in [-0.1, -0.05) is 6.92 Å². The van der Waals surface area contributed by atoms with Crippen LogP contribution in [0.4, 0.5) is 24.5 Å². The van der Waals surface area contributed by atoms with E-state index in [1.54, 1.807) is 11.8 Å². The Kier molecular flexibility index (Phi) is 6.66. The third-order valence-corrected chi connectivity index (χ3v) is 5.38. The van der Waals surface area contributed by atoms with E-state index in [9.17, 15) is 22.8 Å². The van der Waals surface area contributed by atoms with Gasteiger partial charge in [-0.25, -0.2) is 0 Å². The number of ether oxygens (including phenoxy) is 1. The molecule has 0 aromatic heterocycles. The molecule has 2 aliphatic heterocycles. The molecule has 0 radical (unpaired) electrons.